The van der Waals surface area contributed by atoms with Crippen LogP contribution in [0.3, 0.4) is 0 Å². The van der Waals surface area contributed by atoms with Gasteiger partial charge in [-0.1, -0.05) is 6.07 Å². The number of aliphatic hydroxyl groups excluding tert-OH is 2. The number of benzene rings is 1. The Kier molecular flexibility index (Phi) is 4.96. The molecular weight excluding hydrogens is 279 g/mol. The maximum absolute atomic E-state index is 12.8. The molecule has 8 heteroatoms. The lowest BCUT2D eigenvalue weighted by Crippen LogP contribution is -2.34. The molecule has 0 heterocycles. The number of amides is 1. The first-order chi connectivity index (χ1) is 9.12. The highest BCUT2D eigenvalue weighted by Crippen LogP contribution is 2.37. The molecule has 0 fully saturated rings. The van der Waals surface area contributed by atoms with Crippen molar-refractivity contribution in [2.75, 3.05) is 6.54 Å². The molecule has 1 rings (SSSR count). The van der Waals surface area contributed by atoms with Crippen LogP contribution in [0.25, 0.3) is 0 Å². The van der Waals surface area contributed by atoms with E-state index in [0.29, 0.717) is 6.07 Å². The molecule has 0 bridgehead atoms. The molecule has 2 unspecified atom stereocenters. The molecule has 0 aromatic heterocycles. The molecule has 1 aromatic rings. The highest BCUT2D eigenvalue weighted by molar-refractivity contribution is 5.72. The SMILES string of the molecule is CC(=O)NCC(O)C(O)c1ccc(O)cc1C(F)(F)F. The van der Waals surface area contributed by atoms with E-state index in [1.807, 2.05) is 0 Å². The first kappa shape index (κ1) is 16.3. The van der Waals surface area contributed by atoms with Crippen molar-refractivity contribution in [3.63, 3.8) is 0 Å². The Bertz CT molecular complexity index is 490. The van der Waals surface area contributed by atoms with Gasteiger partial charge in [-0.25, -0.2) is 0 Å². The maximum Gasteiger partial charge on any atom is 0.416 e. The van der Waals surface area contributed by atoms with Crippen LogP contribution in [0.4, 0.5) is 13.2 Å². The molecule has 0 saturated carbocycles. The van der Waals surface area contributed by atoms with Gasteiger partial charge in [-0.3, -0.25) is 4.79 Å². The average molecular weight is 293 g/mol. The molecule has 0 saturated heterocycles. The number of aliphatic hydroxyl groups is 2. The molecule has 0 aliphatic carbocycles. The van der Waals surface area contributed by atoms with Crippen LogP contribution >= 0.6 is 0 Å². The van der Waals surface area contributed by atoms with Crippen molar-refractivity contribution >= 4 is 5.91 Å². The third-order valence-corrected chi connectivity index (χ3v) is 2.59. The standard InChI is InChI=1S/C12H14F3NO4/c1-6(17)16-5-10(19)11(20)8-3-2-7(18)4-9(8)12(13,14)15/h2-4,10-11,18-20H,5H2,1H3,(H,16,17). The Morgan fingerprint density at radius 2 is 1.95 bits per heavy atom. The number of phenols is 1. The summed E-state index contributed by atoms with van der Waals surface area (Å²) in [5.74, 6) is -1.09. The summed E-state index contributed by atoms with van der Waals surface area (Å²) >= 11 is 0. The van der Waals surface area contributed by atoms with Crippen molar-refractivity contribution in [1.82, 2.24) is 5.32 Å². The van der Waals surface area contributed by atoms with E-state index >= 15 is 0 Å². The highest BCUT2D eigenvalue weighted by Gasteiger charge is 2.36. The molecule has 5 nitrogen and oxygen atoms in total. The topological polar surface area (TPSA) is 89.8 Å². The molecule has 0 aliphatic heterocycles. The van der Waals surface area contributed by atoms with Crippen LogP contribution in [-0.2, 0) is 11.0 Å². The summed E-state index contributed by atoms with van der Waals surface area (Å²) in [4.78, 5) is 10.7. The van der Waals surface area contributed by atoms with Crippen LogP contribution < -0.4 is 5.32 Å². The number of hydrogen-bond donors (Lipinski definition) is 4. The van der Waals surface area contributed by atoms with E-state index < -0.39 is 47.7 Å². The number of alkyl halides is 3. The summed E-state index contributed by atoms with van der Waals surface area (Å²) in [7, 11) is 0. The number of hydrogen-bond acceptors (Lipinski definition) is 4. The van der Waals surface area contributed by atoms with Gasteiger partial charge in [0, 0.05) is 13.5 Å². The normalized spacial score (nSPS) is 14.7. The minimum Gasteiger partial charge on any atom is -0.508 e. The van der Waals surface area contributed by atoms with Crippen LogP contribution in [0.5, 0.6) is 5.75 Å². The van der Waals surface area contributed by atoms with Crippen molar-refractivity contribution in [3.05, 3.63) is 29.3 Å². The van der Waals surface area contributed by atoms with E-state index in [2.05, 4.69) is 5.32 Å². The van der Waals surface area contributed by atoms with E-state index in [-0.39, 0.29) is 0 Å². The molecule has 20 heavy (non-hydrogen) atoms. The van der Waals surface area contributed by atoms with E-state index in [4.69, 9.17) is 5.11 Å². The van der Waals surface area contributed by atoms with Crippen molar-refractivity contribution in [2.24, 2.45) is 0 Å². The van der Waals surface area contributed by atoms with Crippen LogP contribution in [-0.4, -0.2) is 33.9 Å². The third kappa shape index (κ3) is 4.10. The maximum atomic E-state index is 12.8. The molecule has 0 radical (unpaired) electrons. The van der Waals surface area contributed by atoms with Gasteiger partial charge in [0.15, 0.2) is 0 Å². The summed E-state index contributed by atoms with van der Waals surface area (Å²) in [6, 6.07) is 2.31. The minimum atomic E-state index is -4.79. The largest absolute Gasteiger partial charge is 0.508 e. The number of carbonyl (C=O) groups excluding carboxylic acids is 1. The van der Waals surface area contributed by atoms with Gasteiger partial charge < -0.3 is 20.6 Å². The summed E-state index contributed by atoms with van der Waals surface area (Å²) in [5, 5.41) is 30.6. The molecule has 4 N–H and O–H groups in total. The Morgan fingerprint density at radius 3 is 2.45 bits per heavy atom. The Hall–Kier alpha value is -1.80. The smallest absolute Gasteiger partial charge is 0.416 e. The van der Waals surface area contributed by atoms with Gasteiger partial charge in [0.05, 0.1) is 5.56 Å². The quantitative estimate of drug-likeness (QED) is 0.665. The second kappa shape index (κ2) is 6.10. The van der Waals surface area contributed by atoms with Crippen molar-refractivity contribution in [2.45, 2.75) is 25.3 Å². The molecule has 0 spiro atoms. The van der Waals surface area contributed by atoms with Gasteiger partial charge in [0.2, 0.25) is 5.91 Å². The molecule has 0 aliphatic rings. The van der Waals surface area contributed by atoms with Crippen LogP contribution in [0.2, 0.25) is 0 Å². The van der Waals surface area contributed by atoms with E-state index in [9.17, 15) is 28.2 Å². The molecular formula is C12H14F3NO4. The summed E-state index contributed by atoms with van der Waals surface area (Å²) < 4.78 is 38.4. The van der Waals surface area contributed by atoms with Crippen LogP contribution in [0, 0.1) is 0 Å². The van der Waals surface area contributed by atoms with Gasteiger partial charge in [-0.15, -0.1) is 0 Å². The zero-order valence-electron chi connectivity index (χ0n) is 10.5. The molecule has 2 atom stereocenters. The highest BCUT2D eigenvalue weighted by atomic mass is 19.4. The number of halogens is 3. The molecule has 1 aromatic carbocycles. The van der Waals surface area contributed by atoms with Gasteiger partial charge >= 0.3 is 6.18 Å². The molecule has 112 valence electrons. The second-order valence-electron chi connectivity index (χ2n) is 4.22. The van der Waals surface area contributed by atoms with Gasteiger partial charge in [-0.05, 0) is 17.7 Å². The fraction of sp³-hybridized carbons (Fsp3) is 0.417. The zero-order valence-corrected chi connectivity index (χ0v) is 10.5. The predicted molar refractivity (Wildman–Crippen MR) is 62.8 cm³/mol. The zero-order chi connectivity index (χ0) is 15.5. The van der Waals surface area contributed by atoms with Crippen molar-refractivity contribution in [3.8, 4) is 5.75 Å². The Labute approximate surface area is 112 Å². The molecule has 1 amide bonds. The Balaban J connectivity index is 3.03. The number of rotatable bonds is 4. The number of aromatic hydroxyl groups is 1. The van der Waals surface area contributed by atoms with E-state index in [0.717, 1.165) is 12.1 Å². The third-order valence-electron chi connectivity index (χ3n) is 2.59. The first-order valence-electron chi connectivity index (χ1n) is 5.63. The fourth-order valence-corrected chi connectivity index (χ4v) is 1.61. The lowest BCUT2D eigenvalue weighted by molar-refractivity contribution is -0.140. The summed E-state index contributed by atoms with van der Waals surface area (Å²) in [6.07, 6.45) is -8.24. The fourth-order valence-electron chi connectivity index (χ4n) is 1.61. The first-order valence-corrected chi connectivity index (χ1v) is 5.63. The summed E-state index contributed by atoms with van der Waals surface area (Å²) in [5.41, 5.74) is -1.82. The van der Waals surface area contributed by atoms with Gasteiger partial charge in [-0.2, -0.15) is 13.2 Å². The number of phenolic OH excluding ortho intramolecular Hbond substituents is 1. The Morgan fingerprint density at radius 1 is 1.35 bits per heavy atom. The predicted octanol–water partition coefficient (Wildman–Crippen LogP) is 0.941. The van der Waals surface area contributed by atoms with Crippen LogP contribution in [0.15, 0.2) is 18.2 Å². The number of nitrogens with one attached hydrogen (secondary N) is 1. The van der Waals surface area contributed by atoms with Crippen LogP contribution in [0.1, 0.15) is 24.2 Å². The number of carbonyl (C=O) groups is 1. The van der Waals surface area contributed by atoms with E-state index in [1.54, 1.807) is 0 Å². The monoisotopic (exact) mass is 293 g/mol. The van der Waals surface area contributed by atoms with Gasteiger partial charge in [0.25, 0.3) is 0 Å². The average Bonchev–Trinajstić information content (AvgIpc) is 2.33. The van der Waals surface area contributed by atoms with Crippen molar-refractivity contribution in [1.29, 1.82) is 0 Å². The lowest BCUT2D eigenvalue weighted by Gasteiger charge is -2.22. The minimum absolute atomic E-state index is 0.394. The van der Waals surface area contributed by atoms with E-state index in [1.165, 1.54) is 6.92 Å². The summed E-state index contributed by atoms with van der Waals surface area (Å²) in [6.45, 7) is 0.773. The lowest BCUT2D eigenvalue weighted by atomic mass is 9.97. The van der Waals surface area contributed by atoms with Gasteiger partial charge in [0.1, 0.15) is 18.0 Å². The van der Waals surface area contributed by atoms with Crippen molar-refractivity contribution < 1.29 is 33.3 Å². The second-order valence-corrected chi connectivity index (χ2v) is 4.22.